The number of methoxy groups -OCH3 is 1. The highest BCUT2D eigenvalue weighted by molar-refractivity contribution is 6.00. The summed E-state index contributed by atoms with van der Waals surface area (Å²) in [4.78, 5) is 32.1. The number of phenolic OH excluding ortho intramolecular Hbond substituents is 1. The number of carbonyl (C=O) groups excluding carboxylic acids is 2. The number of nitrogens with zero attached hydrogens (tertiary/aromatic N) is 1. The van der Waals surface area contributed by atoms with Crippen LogP contribution < -0.4 is 10.5 Å². The zero-order chi connectivity index (χ0) is 36.5. The van der Waals surface area contributed by atoms with Crippen LogP contribution in [-0.2, 0) is 35.3 Å². The maximum absolute atomic E-state index is 14.2. The average molecular weight is 697 g/mol. The summed E-state index contributed by atoms with van der Waals surface area (Å²) in [6, 6.07) is 26.4. The highest BCUT2D eigenvalue weighted by atomic mass is 16.5. The van der Waals surface area contributed by atoms with Crippen LogP contribution in [0.15, 0.2) is 85.1 Å². The molecular weight excluding hydrogens is 645 g/mol. The largest absolute Gasteiger partial charge is 0.504 e. The number of unbranched alkanes of at least 4 members (excludes halogenated alkanes) is 1. The van der Waals surface area contributed by atoms with Gasteiger partial charge < -0.3 is 15.6 Å². The predicted molar refractivity (Wildman–Crippen MR) is 207 cm³/mol. The molecule has 5 atom stereocenters. The van der Waals surface area contributed by atoms with Crippen molar-refractivity contribution < 1.29 is 19.4 Å². The van der Waals surface area contributed by atoms with E-state index in [1.54, 1.807) is 13.3 Å². The highest BCUT2D eigenvalue weighted by Crippen LogP contribution is 2.44. The summed E-state index contributed by atoms with van der Waals surface area (Å²) in [6.45, 7) is 2.21. The monoisotopic (exact) mass is 696 g/mol. The maximum atomic E-state index is 14.2. The number of nitrogens with two attached hydrogens (primary N) is 1. The Bertz CT molecular complexity index is 1890. The van der Waals surface area contributed by atoms with E-state index in [1.165, 1.54) is 5.56 Å². The Labute approximate surface area is 309 Å². The zero-order valence-electron chi connectivity index (χ0n) is 30.7. The first-order chi connectivity index (χ1) is 25.3. The van der Waals surface area contributed by atoms with E-state index in [9.17, 15) is 14.7 Å². The first-order valence-corrected chi connectivity index (χ1v) is 19.1. The normalized spacial score (nSPS) is 22.1. The van der Waals surface area contributed by atoms with E-state index >= 15 is 0 Å². The number of rotatable bonds is 10. The topological polar surface area (TPSA) is 103 Å². The van der Waals surface area contributed by atoms with Crippen LogP contribution >= 0.6 is 0 Å². The number of hydrogen-bond acceptors (Lipinski definition) is 6. The van der Waals surface area contributed by atoms with E-state index in [-0.39, 0.29) is 47.9 Å². The van der Waals surface area contributed by atoms with Gasteiger partial charge in [0.15, 0.2) is 11.5 Å². The molecule has 6 rings (SSSR count). The summed E-state index contributed by atoms with van der Waals surface area (Å²) >= 11 is 0. The molecule has 0 radical (unpaired) electrons. The minimum Gasteiger partial charge on any atom is -0.504 e. The van der Waals surface area contributed by atoms with Gasteiger partial charge in [-0.2, -0.15) is 0 Å². The average Bonchev–Trinajstić information content (AvgIpc) is 3.32. The number of fused-ring (bicyclic) bond motifs is 2. The van der Waals surface area contributed by atoms with Gasteiger partial charge in [-0.05, 0) is 103 Å². The number of hydrogen-bond donors (Lipinski definition) is 2. The van der Waals surface area contributed by atoms with Gasteiger partial charge in [-0.15, -0.1) is 0 Å². The van der Waals surface area contributed by atoms with Gasteiger partial charge >= 0.3 is 0 Å². The van der Waals surface area contributed by atoms with Gasteiger partial charge in [-0.1, -0.05) is 98.7 Å². The molecule has 1 heterocycles. The Morgan fingerprint density at radius 2 is 1.65 bits per heavy atom. The quantitative estimate of drug-likeness (QED) is 0.127. The summed E-state index contributed by atoms with van der Waals surface area (Å²) in [5.41, 5.74) is 12.1. The van der Waals surface area contributed by atoms with Crippen molar-refractivity contribution in [1.29, 1.82) is 0 Å². The lowest BCUT2D eigenvalue weighted by atomic mass is 9.77. The van der Waals surface area contributed by atoms with Crippen LogP contribution in [0.1, 0.15) is 97.6 Å². The van der Waals surface area contributed by atoms with Crippen LogP contribution in [0.25, 0.3) is 0 Å². The molecule has 0 unspecified atom stereocenters. The van der Waals surface area contributed by atoms with Crippen molar-refractivity contribution >= 4 is 17.4 Å². The molecule has 3 N–H and O–H groups in total. The maximum Gasteiger partial charge on any atom is 0.161 e. The molecule has 3 aromatic carbocycles. The number of ether oxygens (including phenoxy) is 1. The molecule has 270 valence electrons. The predicted octanol–water partition coefficient (Wildman–Crippen LogP) is 8.85. The molecule has 1 saturated carbocycles. The fourth-order valence-corrected chi connectivity index (χ4v) is 8.59. The number of Topliss-reactive ketones (excluding diaryl/α,β-unsaturated/α-hetero) is 2. The molecule has 1 fully saturated rings. The van der Waals surface area contributed by atoms with Gasteiger partial charge in [0.25, 0.3) is 0 Å². The smallest absolute Gasteiger partial charge is 0.161 e. The van der Waals surface area contributed by atoms with Crippen LogP contribution in [0.2, 0.25) is 0 Å². The van der Waals surface area contributed by atoms with E-state index in [4.69, 9.17) is 10.5 Å². The third kappa shape index (κ3) is 9.12. The number of pyridine rings is 1. The Balaban J connectivity index is 1.49. The number of aromatic nitrogens is 1. The van der Waals surface area contributed by atoms with Crippen molar-refractivity contribution in [3.63, 3.8) is 0 Å². The number of nitrogen functional groups attached to an aromatic ring is 1. The number of ketones is 2. The standard InChI is InChI=1S/C46H52N2O4/c1-3-4-11-32-24-34(25-33-22-23-48-44(47)28-33)26-36-18-21-39(35-14-9-6-10-15-35)45-37(17-19-38(49)30-42(50)41(36)27-32)29-43(52-2)46(51)40(45)20-16-31-12-7-5-8-13-31/h5-10,12-15,22-23,28-29,32,34,36,39,41,51H,3-4,11,16-17,19-20,24-27,30H2,1-2H3,(H2,47,48)/t32-,34+,36+,39+,41+/m0/s1. The van der Waals surface area contributed by atoms with Crippen molar-refractivity contribution in [1.82, 2.24) is 4.98 Å². The van der Waals surface area contributed by atoms with Gasteiger partial charge in [-0.25, -0.2) is 4.98 Å². The number of aromatic hydroxyl groups is 1. The van der Waals surface area contributed by atoms with Crippen LogP contribution in [0.3, 0.4) is 0 Å². The number of benzene rings is 3. The summed E-state index contributed by atoms with van der Waals surface area (Å²) in [5, 5.41) is 11.8. The Morgan fingerprint density at radius 1 is 0.885 bits per heavy atom. The van der Waals surface area contributed by atoms with Gasteiger partial charge in [0.05, 0.1) is 19.4 Å². The number of aryl methyl sites for hydroxylation is 2. The van der Waals surface area contributed by atoms with Crippen molar-refractivity contribution in [3.05, 3.63) is 118 Å². The minimum absolute atomic E-state index is 0.0310. The molecule has 1 aromatic heterocycles. The summed E-state index contributed by atoms with van der Waals surface area (Å²) in [6.07, 6.45) is 10.3. The summed E-state index contributed by atoms with van der Waals surface area (Å²) in [7, 11) is 1.56. The lowest BCUT2D eigenvalue weighted by molar-refractivity contribution is -0.130. The molecule has 0 aliphatic heterocycles. The molecule has 0 amide bonds. The first-order valence-electron chi connectivity index (χ1n) is 19.1. The fraction of sp³-hybridized carbons (Fsp3) is 0.413. The molecule has 6 heteroatoms. The Morgan fingerprint density at radius 3 is 2.38 bits per heavy atom. The van der Waals surface area contributed by atoms with Crippen LogP contribution in [0.5, 0.6) is 11.5 Å². The molecule has 0 saturated heterocycles. The SMILES string of the molecule is CCCC[C@H]1C[C@H](Cc2ccnc(N)c2)C[C@H]2C#C[C@H](c3ccccc3)c3c(cc(OC)c(O)c3CCc3ccccc3)CCC(=O)CC(=O)[C@@H]2C1. The lowest BCUT2D eigenvalue weighted by Crippen LogP contribution is -2.27. The van der Waals surface area contributed by atoms with Crippen molar-refractivity contribution in [2.24, 2.45) is 23.7 Å². The molecule has 2 aliphatic rings. The van der Waals surface area contributed by atoms with Crippen LogP contribution in [0.4, 0.5) is 5.82 Å². The van der Waals surface area contributed by atoms with E-state index in [1.807, 2.05) is 54.6 Å². The molecule has 6 nitrogen and oxygen atoms in total. The fourth-order valence-electron chi connectivity index (χ4n) is 8.59. The second kappa shape index (κ2) is 17.6. The highest BCUT2D eigenvalue weighted by Gasteiger charge is 2.37. The Kier molecular flexibility index (Phi) is 12.5. The molecule has 0 bridgehead atoms. The molecular formula is C46H52N2O4. The van der Waals surface area contributed by atoms with Crippen molar-refractivity contribution in [3.8, 4) is 23.3 Å². The van der Waals surface area contributed by atoms with Gasteiger partial charge in [0.2, 0.25) is 0 Å². The molecule has 0 spiro atoms. The molecule has 2 aliphatic carbocycles. The number of anilines is 1. The minimum atomic E-state index is -0.373. The van der Waals surface area contributed by atoms with Crippen LogP contribution in [0, 0.1) is 35.5 Å². The number of carbonyl (C=O) groups is 2. The third-order valence-electron chi connectivity index (χ3n) is 11.2. The summed E-state index contributed by atoms with van der Waals surface area (Å²) in [5.74, 6) is 8.31. The summed E-state index contributed by atoms with van der Waals surface area (Å²) < 4.78 is 5.71. The van der Waals surface area contributed by atoms with Gasteiger partial charge in [0.1, 0.15) is 17.4 Å². The first kappa shape index (κ1) is 36.9. The molecule has 4 aromatic rings. The zero-order valence-corrected chi connectivity index (χ0v) is 30.7. The van der Waals surface area contributed by atoms with E-state index in [2.05, 4.69) is 48.0 Å². The van der Waals surface area contributed by atoms with E-state index in [0.717, 1.165) is 79.2 Å². The van der Waals surface area contributed by atoms with E-state index < -0.39 is 0 Å². The van der Waals surface area contributed by atoms with Crippen LogP contribution in [-0.4, -0.2) is 28.8 Å². The molecule has 52 heavy (non-hydrogen) atoms. The van der Waals surface area contributed by atoms with Gasteiger partial charge in [-0.3, -0.25) is 9.59 Å². The lowest BCUT2D eigenvalue weighted by Gasteiger charge is -2.26. The van der Waals surface area contributed by atoms with Crippen molar-refractivity contribution in [2.75, 3.05) is 12.8 Å². The third-order valence-corrected chi connectivity index (χ3v) is 11.2. The van der Waals surface area contributed by atoms with Gasteiger partial charge in [0, 0.05) is 30.0 Å². The van der Waals surface area contributed by atoms with Crippen molar-refractivity contribution in [2.45, 2.75) is 89.9 Å². The Hall–Kier alpha value is -4.89. The number of phenols is 1. The second-order valence-electron chi connectivity index (χ2n) is 14.9. The van der Waals surface area contributed by atoms with E-state index in [0.29, 0.717) is 36.2 Å². The second-order valence-corrected chi connectivity index (χ2v) is 14.9.